The molecule has 1 aliphatic heterocycles. The van der Waals surface area contributed by atoms with Crippen LogP contribution in [0.4, 0.5) is 0 Å². The molecule has 2 aliphatic rings. The highest BCUT2D eigenvalue weighted by Crippen LogP contribution is 2.38. The van der Waals surface area contributed by atoms with E-state index in [9.17, 15) is 0 Å². The largest absolute Gasteiger partial charge is 0.306 e. The van der Waals surface area contributed by atoms with Crippen LogP contribution in [0.2, 0.25) is 0 Å². The third kappa shape index (κ3) is 2.26. The first-order valence-electron chi connectivity index (χ1n) is 7.17. The van der Waals surface area contributed by atoms with Gasteiger partial charge in [-0.25, -0.2) is 0 Å². The Hall–Kier alpha value is -0.820. The van der Waals surface area contributed by atoms with Crippen molar-refractivity contribution in [2.75, 3.05) is 0 Å². The maximum Gasteiger partial charge on any atom is 0.0354 e. The zero-order valence-corrected chi connectivity index (χ0v) is 10.8. The molecular formula is C16H23N. The molecule has 1 unspecified atom stereocenters. The molecule has 92 valence electrons. The smallest absolute Gasteiger partial charge is 0.0354 e. The van der Waals surface area contributed by atoms with Gasteiger partial charge in [-0.1, -0.05) is 49.4 Å². The molecule has 1 aromatic rings. The molecule has 1 saturated carbocycles. The molecule has 1 fully saturated rings. The van der Waals surface area contributed by atoms with Gasteiger partial charge in [0.25, 0.3) is 0 Å². The van der Waals surface area contributed by atoms with Gasteiger partial charge in [0.1, 0.15) is 0 Å². The molecule has 0 radical (unpaired) electrons. The van der Waals surface area contributed by atoms with Gasteiger partial charge in [0, 0.05) is 12.6 Å². The molecule has 1 N–H and O–H groups in total. The molecular weight excluding hydrogens is 206 g/mol. The van der Waals surface area contributed by atoms with Gasteiger partial charge in [-0.3, -0.25) is 0 Å². The van der Waals surface area contributed by atoms with Crippen LogP contribution in [0.1, 0.15) is 61.3 Å². The molecule has 1 aliphatic carbocycles. The van der Waals surface area contributed by atoms with Crippen molar-refractivity contribution in [2.45, 2.75) is 58.0 Å². The van der Waals surface area contributed by atoms with E-state index in [1.54, 1.807) is 11.1 Å². The number of hydrogen-bond donors (Lipinski definition) is 1. The Labute approximate surface area is 105 Å². The Morgan fingerprint density at radius 1 is 1.06 bits per heavy atom. The van der Waals surface area contributed by atoms with Gasteiger partial charge < -0.3 is 5.32 Å². The van der Waals surface area contributed by atoms with E-state index in [1.165, 1.54) is 44.1 Å². The molecule has 1 aromatic carbocycles. The average molecular weight is 229 g/mol. The minimum atomic E-state index is 0.642. The average Bonchev–Trinajstić information content (AvgIpc) is 2.57. The van der Waals surface area contributed by atoms with Gasteiger partial charge >= 0.3 is 0 Å². The van der Waals surface area contributed by atoms with E-state index in [0.29, 0.717) is 6.04 Å². The summed E-state index contributed by atoms with van der Waals surface area (Å²) < 4.78 is 0. The van der Waals surface area contributed by atoms with Gasteiger partial charge in [-0.2, -0.15) is 0 Å². The number of rotatable bonds is 1. The van der Waals surface area contributed by atoms with Crippen molar-refractivity contribution in [1.82, 2.24) is 5.32 Å². The van der Waals surface area contributed by atoms with Crippen molar-refractivity contribution in [2.24, 2.45) is 5.92 Å². The van der Waals surface area contributed by atoms with Gasteiger partial charge in [-0.05, 0) is 36.8 Å². The Morgan fingerprint density at radius 3 is 2.59 bits per heavy atom. The van der Waals surface area contributed by atoms with E-state index >= 15 is 0 Å². The number of aryl methyl sites for hydroxylation is 1. The van der Waals surface area contributed by atoms with Crippen molar-refractivity contribution >= 4 is 0 Å². The number of fused-ring (bicyclic) bond motifs is 1. The molecule has 1 heterocycles. The van der Waals surface area contributed by atoms with Crippen molar-refractivity contribution in [3.8, 4) is 0 Å². The van der Waals surface area contributed by atoms with Crippen LogP contribution >= 0.6 is 0 Å². The zero-order chi connectivity index (χ0) is 11.7. The highest BCUT2D eigenvalue weighted by molar-refractivity contribution is 5.37. The second-order valence-corrected chi connectivity index (χ2v) is 5.81. The SMILES string of the molecule is Cc1ccc2c(c1)CNC2C1CCCCCC1. The predicted octanol–water partition coefficient (Wildman–Crippen LogP) is 4.11. The highest BCUT2D eigenvalue weighted by Gasteiger charge is 2.29. The normalized spacial score (nSPS) is 25.6. The van der Waals surface area contributed by atoms with Gasteiger partial charge in [0.15, 0.2) is 0 Å². The van der Waals surface area contributed by atoms with Crippen LogP contribution in [-0.4, -0.2) is 0 Å². The number of hydrogen-bond acceptors (Lipinski definition) is 1. The second-order valence-electron chi connectivity index (χ2n) is 5.81. The Kier molecular flexibility index (Phi) is 3.19. The Morgan fingerprint density at radius 2 is 1.82 bits per heavy atom. The standard InChI is InChI=1S/C16H23N/c1-12-8-9-15-14(10-12)11-17-16(15)13-6-4-2-3-5-7-13/h8-10,13,16-17H,2-7,11H2,1H3. The van der Waals surface area contributed by atoms with Crippen LogP contribution in [0.5, 0.6) is 0 Å². The molecule has 3 rings (SSSR count). The molecule has 0 saturated heterocycles. The summed E-state index contributed by atoms with van der Waals surface area (Å²) >= 11 is 0. The topological polar surface area (TPSA) is 12.0 Å². The maximum atomic E-state index is 3.75. The molecule has 17 heavy (non-hydrogen) atoms. The van der Waals surface area contributed by atoms with Crippen LogP contribution < -0.4 is 5.32 Å². The fraction of sp³-hybridized carbons (Fsp3) is 0.625. The lowest BCUT2D eigenvalue weighted by molar-refractivity contribution is 0.342. The number of benzene rings is 1. The summed E-state index contributed by atoms with van der Waals surface area (Å²) in [7, 11) is 0. The quantitative estimate of drug-likeness (QED) is 0.715. The molecule has 0 aromatic heterocycles. The summed E-state index contributed by atoms with van der Waals surface area (Å²) in [5, 5.41) is 3.75. The van der Waals surface area contributed by atoms with E-state index in [-0.39, 0.29) is 0 Å². The predicted molar refractivity (Wildman–Crippen MR) is 72.0 cm³/mol. The van der Waals surface area contributed by atoms with Crippen molar-refractivity contribution in [3.05, 3.63) is 34.9 Å². The van der Waals surface area contributed by atoms with Crippen molar-refractivity contribution in [3.63, 3.8) is 0 Å². The van der Waals surface area contributed by atoms with Crippen LogP contribution in [0.3, 0.4) is 0 Å². The van der Waals surface area contributed by atoms with Crippen molar-refractivity contribution < 1.29 is 0 Å². The lowest BCUT2D eigenvalue weighted by Crippen LogP contribution is -2.21. The van der Waals surface area contributed by atoms with Gasteiger partial charge in [0.2, 0.25) is 0 Å². The zero-order valence-electron chi connectivity index (χ0n) is 10.8. The summed E-state index contributed by atoms with van der Waals surface area (Å²) in [5.41, 5.74) is 4.52. The van der Waals surface area contributed by atoms with E-state index in [0.717, 1.165) is 12.5 Å². The Bertz CT molecular complexity index is 389. The first-order valence-corrected chi connectivity index (χ1v) is 7.17. The second kappa shape index (κ2) is 4.81. The van der Waals surface area contributed by atoms with Gasteiger partial charge in [0.05, 0.1) is 0 Å². The van der Waals surface area contributed by atoms with E-state index in [2.05, 4.69) is 30.4 Å². The van der Waals surface area contributed by atoms with E-state index in [4.69, 9.17) is 0 Å². The first kappa shape index (κ1) is 11.3. The van der Waals surface area contributed by atoms with Crippen LogP contribution in [0.25, 0.3) is 0 Å². The van der Waals surface area contributed by atoms with Crippen LogP contribution in [0.15, 0.2) is 18.2 Å². The first-order chi connectivity index (χ1) is 8.34. The molecule has 1 heteroatoms. The maximum absolute atomic E-state index is 3.75. The minimum absolute atomic E-state index is 0.642. The molecule has 1 atom stereocenters. The summed E-state index contributed by atoms with van der Waals surface area (Å²) in [6, 6.07) is 7.64. The molecule has 0 spiro atoms. The summed E-state index contributed by atoms with van der Waals surface area (Å²) in [6.45, 7) is 3.28. The molecule has 0 bridgehead atoms. The Balaban J connectivity index is 1.82. The van der Waals surface area contributed by atoms with Gasteiger partial charge in [-0.15, -0.1) is 0 Å². The molecule has 1 nitrogen and oxygen atoms in total. The fourth-order valence-corrected chi connectivity index (χ4v) is 3.59. The fourth-order valence-electron chi connectivity index (χ4n) is 3.59. The lowest BCUT2D eigenvalue weighted by Gasteiger charge is -2.23. The van der Waals surface area contributed by atoms with E-state index in [1.807, 2.05) is 0 Å². The third-order valence-electron chi connectivity index (χ3n) is 4.52. The summed E-state index contributed by atoms with van der Waals surface area (Å²) in [6.07, 6.45) is 8.61. The van der Waals surface area contributed by atoms with Crippen LogP contribution in [0, 0.1) is 12.8 Å². The number of nitrogens with one attached hydrogen (secondary N) is 1. The summed E-state index contributed by atoms with van der Waals surface area (Å²) in [4.78, 5) is 0. The van der Waals surface area contributed by atoms with Crippen molar-refractivity contribution in [1.29, 1.82) is 0 Å². The lowest BCUT2D eigenvalue weighted by atomic mass is 9.87. The summed E-state index contributed by atoms with van der Waals surface area (Å²) in [5.74, 6) is 0.876. The minimum Gasteiger partial charge on any atom is -0.306 e. The highest BCUT2D eigenvalue weighted by atomic mass is 14.9. The molecule has 0 amide bonds. The van der Waals surface area contributed by atoms with Crippen LogP contribution in [-0.2, 0) is 6.54 Å². The third-order valence-corrected chi connectivity index (χ3v) is 4.52. The monoisotopic (exact) mass is 229 g/mol. The van der Waals surface area contributed by atoms with E-state index < -0.39 is 0 Å².